The van der Waals surface area contributed by atoms with Gasteiger partial charge in [-0.3, -0.25) is 48.7 Å². The van der Waals surface area contributed by atoms with Gasteiger partial charge >= 0.3 is 17.9 Å². The fourth-order valence-corrected chi connectivity index (χ4v) is 5.53. The van der Waals surface area contributed by atoms with Crippen LogP contribution in [0.3, 0.4) is 0 Å². The van der Waals surface area contributed by atoms with E-state index in [0.717, 1.165) is 0 Å². The SMILES string of the molecule is CCOC(Cc1cc([N+](=O)[O-])ccc1OC)(P=O)N1CCN(CC(=O)O)CCN(CC(=O)O)CCN(CC(=O)O)CC1. The number of nitrogens with zero attached hydrogens (tertiary/aromatic N) is 5. The zero-order valence-electron chi connectivity index (χ0n) is 23.7. The molecule has 1 aromatic rings. The van der Waals surface area contributed by atoms with Crippen LogP contribution in [0.4, 0.5) is 5.69 Å². The Balaban J connectivity index is 2.51. The Morgan fingerprint density at radius 3 is 1.71 bits per heavy atom. The minimum absolute atomic E-state index is 0.0962. The summed E-state index contributed by atoms with van der Waals surface area (Å²) in [4.78, 5) is 52.2. The van der Waals surface area contributed by atoms with E-state index in [0.29, 0.717) is 11.3 Å². The molecule has 234 valence electrons. The van der Waals surface area contributed by atoms with Gasteiger partial charge in [0.2, 0.25) is 13.9 Å². The van der Waals surface area contributed by atoms with Crippen LogP contribution in [0.15, 0.2) is 18.2 Å². The maximum absolute atomic E-state index is 13.0. The number of carboxylic acid groups (broad SMARTS) is 3. The monoisotopic (exact) mass is 615 g/mol. The maximum Gasteiger partial charge on any atom is 0.317 e. The first kappa shape index (κ1) is 34.9. The molecule has 3 N–H and O–H groups in total. The first-order valence-electron chi connectivity index (χ1n) is 13.3. The van der Waals surface area contributed by atoms with Crippen molar-refractivity contribution in [2.45, 2.75) is 18.8 Å². The average Bonchev–Trinajstić information content (AvgIpc) is 2.91. The number of nitro groups is 1. The summed E-state index contributed by atoms with van der Waals surface area (Å²) in [6.45, 7) is 2.36. The second-order valence-electron chi connectivity index (χ2n) is 9.69. The second-order valence-corrected chi connectivity index (χ2v) is 10.6. The molecule has 0 aromatic heterocycles. The predicted molar refractivity (Wildman–Crippen MR) is 149 cm³/mol. The molecule has 0 radical (unpaired) electrons. The maximum atomic E-state index is 13.0. The van der Waals surface area contributed by atoms with Gasteiger partial charge in [-0.25, -0.2) is 0 Å². The molecule has 16 nitrogen and oxygen atoms in total. The summed E-state index contributed by atoms with van der Waals surface area (Å²) in [5, 5.41) is 39.8. The van der Waals surface area contributed by atoms with Crippen molar-refractivity contribution >= 4 is 32.1 Å². The molecule has 0 bridgehead atoms. The van der Waals surface area contributed by atoms with Gasteiger partial charge in [-0.15, -0.1) is 0 Å². The number of ether oxygens (including phenoxy) is 2. The molecule has 0 saturated carbocycles. The highest BCUT2D eigenvalue weighted by Crippen LogP contribution is 2.37. The Bertz CT molecular complexity index is 1080. The fraction of sp³-hybridized carbons (Fsp3) is 0.640. The Labute approximate surface area is 244 Å². The molecule has 1 saturated heterocycles. The van der Waals surface area contributed by atoms with Crippen molar-refractivity contribution in [3.8, 4) is 5.75 Å². The minimum Gasteiger partial charge on any atom is -0.496 e. The highest BCUT2D eigenvalue weighted by atomic mass is 31.1. The lowest BCUT2D eigenvalue weighted by Crippen LogP contribution is -2.55. The van der Waals surface area contributed by atoms with Gasteiger partial charge in [0.1, 0.15) is 5.75 Å². The third-order valence-electron chi connectivity index (χ3n) is 6.82. The lowest BCUT2D eigenvalue weighted by Gasteiger charge is -2.41. The molecular weight excluding hydrogens is 577 g/mol. The molecule has 17 heteroatoms. The molecule has 42 heavy (non-hydrogen) atoms. The summed E-state index contributed by atoms with van der Waals surface area (Å²) in [7, 11) is 0.927. The molecule has 1 aliphatic heterocycles. The summed E-state index contributed by atoms with van der Waals surface area (Å²) in [6, 6.07) is 4.05. The number of rotatable bonds is 14. The number of carbonyl (C=O) groups is 3. The summed E-state index contributed by atoms with van der Waals surface area (Å²) < 4.78 is 24.4. The average molecular weight is 616 g/mol. The summed E-state index contributed by atoms with van der Waals surface area (Å²) in [5.41, 5.74) is -1.39. The van der Waals surface area contributed by atoms with Gasteiger partial charge in [0.05, 0.1) is 31.7 Å². The summed E-state index contributed by atoms with van der Waals surface area (Å²) in [5.74, 6) is -2.90. The first-order chi connectivity index (χ1) is 19.9. The van der Waals surface area contributed by atoms with Crippen LogP contribution in [0.1, 0.15) is 12.5 Å². The molecule has 1 aromatic carbocycles. The number of hydrogen-bond donors (Lipinski definition) is 3. The van der Waals surface area contributed by atoms with Crippen molar-refractivity contribution < 1.29 is 48.7 Å². The zero-order chi connectivity index (χ0) is 31.3. The quantitative estimate of drug-likeness (QED) is 0.149. The number of non-ortho nitro benzene ring substituents is 1. The molecule has 2 rings (SSSR count). The van der Waals surface area contributed by atoms with E-state index in [9.17, 15) is 44.4 Å². The second kappa shape index (κ2) is 17.0. The van der Waals surface area contributed by atoms with Gasteiger partial charge in [-0.05, 0) is 13.0 Å². The van der Waals surface area contributed by atoms with Crippen LogP contribution >= 0.6 is 8.46 Å². The van der Waals surface area contributed by atoms with Crippen molar-refractivity contribution in [2.24, 2.45) is 0 Å². The Morgan fingerprint density at radius 2 is 1.36 bits per heavy atom. The first-order valence-corrected chi connectivity index (χ1v) is 14.1. The highest BCUT2D eigenvalue weighted by molar-refractivity contribution is 7.25. The molecule has 0 spiro atoms. The van der Waals surface area contributed by atoms with Gasteiger partial charge in [0.25, 0.3) is 5.69 Å². The Morgan fingerprint density at radius 1 is 0.905 bits per heavy atom. The van der Waals surface area contributed by atoms with E-state index in [4.69, 9.17) is 9.47 Å². The molecule has 1 unspecified atom stereocenters. The highest BCUT2D eigenvalue weighted by Gasteiger charge is 2.41. The van der Waals surface area contributed by atoms with E-state index in [1.807, 2.05) is 0 Å². The standard InChI is InChI=1S/C25H38N5O11P/c1-3-41-25(42-39,15-19-14-20(30(37)38)4-5-21(19)40-2)29-12-10-27(17-23(33)34)8-6-26(16-22(31)32)7-9-28(11-13-29)18-24(35)36/h4-5,14H,3,6-13,15-18H2,1-2H3,(H,31,32)(H,33,34)(H,35,36). The van der Waals surface area contributed by atoms with E-state index < -0.39 is 36.8 Å². The molecule has 1 atom stereocenters. The van der Waals surface area contributed by atoms with Gasteiger partial charge in [-0.2, -0.15) is 0 Å². The third-order valence-corrected chi connectivity index (χ3v) is 7.68. The van der Waals surface area contributed by atoms with Crippen molar-refractivity contribution in [2.75, 3.05) is 85.7 Å². The van der Waals surface area contributed by atoms with E-state index in [-0.39, 0.29) is 90.7 Å². The molecule has 0 amide bonds. The van der Waals surface area contributed by atoms with Crippen LogP contribution in [0.25, 0.3) is 0 Å². The lowest BCUT2D eigenvalue weighted by molar-refractivity contribution is -0.385. The number of benzene rings is 1. The van der Waals surface area contributed by atoms with Crippen molar-refractivity contribution in [1.29, 1.82) is 0 Å². The van der Waals surface area contributed by atoms with Crippen LogP contribution in [-0.4, -0.2) is 149 Å². The minimum atomic E-state index is -1.56. The summed E-state index contributed by atoms with van der Waals surface area (Å²) >= 11 is 0. The van der Waals surface area contributed by atoms with E-state index in [2.05, 4.69) is 0 Å². The largest absolute Gasteiger partial charge is 0.496 e. The number of hydrogen-bond acceptors (Lipinski definition) is 12. The van der Waals surface area contributed by atoms with E-state index >= 15 is 0 Å². The molecule has 0 aliphatic carbocycles. The smallest absolute Gasteiger partial charge is 0.317 e. The van der Waals surface area contributed by atoms with Crippen LogP contribution in [-0.2, 0) is 30.1 Å². The number of nitro benzene ring substituents is 1. The third kappa shape index (κ3) is 10.9. The lowest BCUT2D eigenvalue weighted by atomic mass is 10.1. The topological polar surface area (TPSA) is 204 Å². The Hall–Kier alpha value is -3.27. The van der Waals surface area contributed by atoms with Gasteiger partial charge in [0, 0.05) is 83.1 Å². The predicted octanol–water partition coefficient (Wildman–Crippen LogP) is 0.603. The van der Waals surface area contributed by atoms with E-state index in [1.165, 1.54) is 25.3 Å². The molecule has 1 aliphatic rings. The normalized spacial score (nSPS) is 18.4. The summed E-state index contributed by atoms with van der Waals surface area (Å²) in [6.07, 6.45) is -0.0962. The zero-order valence-corrected chi connectivity index (χ0v) is 24.6. The van der Waals surface area contributed by atoms with E-state index in [1.54, 1.807) is 26.5 Å². The van der Waals surface area contributed by atoms with Gasteiger partial charge in [-0.1, -0.05) is 0 Å². The number of carboxylic acids is 3. The van der Waals surface area contributed by atoms with Crippen LogP contribution in [0.2, 0.25) is 0 Å². The van der Waals surface area contributed by atoms with Crippen molar-refractivity contribution in [3.05, 3.63) is 33.9 Å². The number of methoxy groups -OCH3 is 1. The number of aliphatic carboxylic acids is 3. The fourth-order valence-electron chi connectivity index (χ4n) is 4.80. The molecular formula is C25H38N5O11P. The Kier molecular flexibility index (Phi) is 14.1. The van der Waals surface area contributed by atoms with Crippen LogP contribution in [0.5, 0.6) is 5.75 Å². The van der Waals surface area contributed by atoms with Gasteiger partial charge < -0.3 is 24.8 Å². The van der Waals surface area contributed by atoms with Crippen molar-refractivity contribution in [1.82, 2.24) is 19.6 Å². The molecule has 1 fully saturated rings. The van der Waals surface area contributed by atoms with Gasteiger partial charge in [0.15, 0.2) is 0 Å². The van der Waals surface area contributed by atoms with Crippen LogP contribution in [0, 0.1) is 10.1 Å². The van der Waals surface area contributed by atoms with Crippen LogP contribution < -0.4 is 4.74 Å². The van der Waals surface area contributed by atoms with Crippen molar-refractivity contribution in [3.63, 3.8) is 0 Å². The molecule has 1 heterocycles.